The van der Waals surface area contributed by atoms with Crippen LogP contribution >= 0.6 is 11.3 Å². The van der Waals surface area contributed by atoms with Crippen molar-refractivity contribution in [2.75, 3.05) is 13.2 Å². The smallest absolute Gasteiger partial charge is 0.0586 e. The first-order valence-corrected chi connectivity index (χ1v) is 6.89. The molecule has 1 aromatic carbocycles. The molecule has 0 aliphatic carbocycles. The van der Waals surface area contributed by atoms with Crippen LogP contribution in [0.15, 0.2) is 29.6 Å². The summed E-state index contributed by atoms with van der Waals surface area (Å²) in [4.78, 5) is 0. The van der Waals surface area contributed by atoms with Gasteiger partial charge in [0.15, 0.2) is 0 Å². The van der Waals surface area contributed by atoms with Crippen LogP contribution in [0.2, 0.25) is 0 Å². The number of hydrogen-bond donors (Lipinski definition) is 1. The highest BCUT2D eigenvalue weighted by Gasteiger charge is 2.42. The molecule has 17 heavy (non-hydrogen) atoms. The third kappa shape index (κ3) is 1.79. The zero-order valence-corrected chi connectivity index (χ0v) is 10.8. The van der Waals surface area contributed by atoms with Crippen molar-refractivity contribution in [2.45, 2.75) is 24.8 Å². The second kappa shape index (κ2) is 4.09. The Balaban J connectivity index is 2.07. The summed E-state index contributed by atoms with van der Waals surface area (Å²) in [5.41, 5.74) is 7.58. The van der Waals surface area contributed by atoms with E-state index in [1.54, 1.807) is 0 Å². The Morgan fingerprint density at radius 3 is 2.82 bits per heavy atom. The molecule has 1 aliphatic rings. The molecule has 0 saturated carbocycles. The molecule has 2 nitrogen and oxygen atoms in total. The number of ether oxygens (including phenoxy) is 1. The highest BCUT2D eigenvalue weighted by atomic mass is 32.1. The molecule has 3 heteroatoms. The monoisotopic (exact) mass is 247 g/mol. The predicted octanol–water partition coefficient (Wildman–Crippen LogP) is 2.91. The fraction of sp³-hybridized carbons (Fsp3) is 0.429. The van der Waals surface area contributed by atoms with Gasteiger partial charge >= 0.3 is 0 Å². The molecule has 0 spiro atoms. The number of hydrogen-bond acceptors (Lipinski definition) is 3. The lowest BCUT2D eigenvalue weighted by Gasteiger charge is -2.42. The van der Waals surface area contributed by atoms with Crippen molar-refractivity contribution in [1.29, 1.82) is 0 Å². The molecule has 1 unspecified atom stereocenters. The second-order valence-corrected chi connectivity index (χ2v) is 6.01. The van der Waals surface area contributed by atoms with Crippen molar-refractivity contribution in [3.05, 3.63) is 35.2 Å². The van der Waals surface area contributed by atoms with E-state index >= 15 is 0 Å². The maximum Gasteiger partial charge on any atom is 0.0586 e. The van der Waals surface area contributed by atoms with Crippen molar-refractivity contribution in [2.24, 2.45) is 5.73 Å². The summed E-state index contributed by atoms with van der Waals surface area (Å²) in [5, 5.41) is 3.66. The van der Waals surface area contributed by atoms with Gasteiger partial charge in [0.1, 0.15) is 0 Å². The summed E-state index contributed by atoms with van der Waals surface area (Å²) in [6, 6.07) is 8.82. The number of rotatable bonds is 3. The third-order valence-electron chi connectivity index (χ3n) is 3.52. The summed E-state index contributed by atoms with van der Waals surface area (Å²) in [7, 11) is 0. The third-order valence-corrected chi connectivity index (χ3v) is 4.49. The molecule has 0 radical (unpaired) electrons. The van der Waals surface area contributed by atoms with Crippen LogP contribution in [0.4, 0.5) is 0 Å². The zero-order valence-electron chi connectivity index (χ0n) is 9.98. The average Bonchev–Trinajstić information content (AvgIpc) is 2.67. The standard InChI is InChI=1S/C14H17NOS/c1-10(15)6-14(8-16-9-14)12-7-17-13-5-3-2-4-11(12)13/h2-5,7,10H,6,8-9,15H2,1H3. The molecule has 2 heterocycles. The van der Waals surface area contributed by atoms with E-state index in [0.717, 1.165) is 19.6 Å². The molecule has 1 saturated heterocycles. The van der Waals surface area contributed by atoms with Gasteiger partial charge in [0, 0.05) is 16.2 Å². The first-order valence-electron chi connectivity index (χ1n) is 6.01. The van der Waals surface area contributed by atoms with E-state index in [4.69, 9.17) is 10.5 Å². The van der Waals surface area contributed by atoms with Gasteiger partial charge in [-0.1, -0.05) is 18.2 Å². The largest absolute Gasteiger partial charge is 0.379 e. The summed E-state index contributed by atoms with van der Waals surface area (Å²) in [5.74, 6) is 0. The Labute approximate surface area is 105 Å². The minimum absolute atomic E-state index is 0.160. The van der Waals surface area contributed by atoms with Gasteiger partial charge in [-0.15, -0.1) is 11.3 Å². The topological polar surface area (TPSA) is 35.2 Å². The van der Waals surface area contributed by atoms with Crippen LogP contribution in [0, 0.1) is 0 Å². The lowest BCUT2D eigenvalue weighted by Crippen LogP contribution is -2.49. The Bertz CT molecular complexity index is 528. The van der Waals surface area contributed by atoms with E-state index < -0.39 is 0 Å². The maximum atomic E-state index is 5.99. The Morgan fingerprint density at radius 1 is 1.41 bits per heavy atom. The van der Waals surface area contributed by atoms with Gasteiger partial charge in [0.25, 0.3) is 0 Å². The van der Waals surface area contributed by atoms with Crippen molar-refractivity contribution >= 4 is 21.4 Å². The molecule has 1 aliphatic heterocycles. The van der Waals surface area contributed by atoms with Crippen molar-refractivity contribution in [3.63, 3.8) is 0 Å². The van der Waals surface area contributed by atoms with Crippen LogP contribution in [0.3, 0.4) is 0 Å². The Morgan fingerprint density at radius 2 is 2.18 bits per heavy atom. The van der Waals surface area contributed by atoms with Crippen LogP contribution in [0.5, 0.6) is 0 Å². The molecule has 1 aromatic heterocycles. The van der Waals surface area contributed by atoms with Gasteiger partial charge in [-0.3, -0.25) is 0 Å². The molecule has 2 aromatic rings. The molecule has 0 amide bonds. The predicted molar refractivity (Wildman–Crippen MR) is 72.6 cm³/mol. The van der Waals surface area contributed by atoms with Crippen molar-refractivity contribution < 1.29 is 4.74 Å². The molecule has 1 atom stereocenters. The number of benzene rings is 1. The number of nitrogens with two attached hydrogens (primary N) is 1. The SMILES string of the molecule is CC(N)CC1(c2csc3ccccc23)COC1. The molecule has 90 valence electrons. The zero-order chi connectivity index (χ0) is 11.9. The molecule has 1 fully saturated rings. The van der Waals surface area contributed by atoms with E-state index in [9.17, 15) is 0 Å². The Kier molecular flexibility index (Phi) is 2.69. The molecule has 3 rings (SSSR count). The maximum absolute atomic E-state index is 5.99. The summed E-state index contributed by atoms with van der Waals surface area (Å²) in [6.45, 7) is 3.71. The highest BCUT2D eigenvalue weighted by Crippen LogP contribution is 2.42. The molecular weight excluding hydrogens is 230 g/mol. The van der Waals surface area contributed by atoms with Crippen LogP contribution < -0.4 is 5.73 Å². The fourth-order valence-corrected chi connectivity index (χ4v) is 3.82. The van der Waals surface area contributed by atoms with Gasteiger partial charge in [0.05, 0.1) is 13.2 Å². The van der Waals surface area contributed by atoms with Crippen LogP contribution in [0.25, 0.3) is 10.1 Å². The fourth-order valence-electron chi connectivity index (χ4n) is 2.74. The Hall–Kier alpha value is -0.900. The first kappa shape index (κ1) is 11.2. The normalized spacial score (nSPS) is 20.1. The van der Waals surface area contributed by atoms with Crippen LogP contribution in [-0.4, -0.2) is 19.3 Å². The lowest BCUT2D eigenvalue weighted by molar-refractivity contribution is -0.0656. The first-order chi connectivity index (χ1) is 8.21. The van der Waals surface area contributed by atoms with Crippen molar-refractivity contribution in [1.82, 2.24) is 0 Å². The summed E-state index contributed by atoms with van der Waals surface area (Å²) < 4.78 is 6.82. The minimum atomic E-state index is 0.160. The van der Waals surface area contributed by atoms with Gasteiger partial charge in [-0.25, -0.2) is 0 Å². The minimum Gasteiger partial charge on any atom is -0.379 e. The van der Waals surface area contributed by atoms with Crippen LogP contribution in [0.1, 0.15) is 18.9 Å². The van der Waals surface area contributed by atoms with Gasteiger partial charge < -0.3 is 10.5 Å². The molecular formula is C14H17NOS. The van der Waals surface area contributed by atoms with E-state index in [2.05, 4.69) is 36.6 Å². The average molecular weight is 247 g/mol. The second-order valence-electron chi connectivity index (χ2n) is 5.10. The van der Waals surface area contributed by atoms with E-state index in [1.807, 2.05) is 11.3 Å². The van der Waals surface area contributed by atoms with Crippen LogP contribution in [-0.2, 0) is 10.2 Å². The highest BCUT2D eigenvalue weighted by molar-refractivity contribution is 7.17. The number of fused-ring (bicyclic) bond motifs is 1. The van der Waals surface area contributed by atoms with E-state index in [1.165, 1.54) is 15.6 Å². The number of thiophene rings is 1. The summed E-state index contributed by atoms with van der Waals surface area (Å²) >= 11 is 1.82. The summed E-state index contributed by atoms with van der Waals surface area (Å²) in [6.07, 6.45) is 1.01. The van der Waals surface area contributed by atoms with Gasteiger partial charge in [0.2, 0.25) is 0 Å². The van der Waals surface area contributed by atoms with Crippen molar-refractivity contribution in [3.8, 4) is 0 Å². The quantitative estimate of drug-likeness (QED) is 0.905. The van der Waals surface area contributed by atoms with E-state index in [0.29, 0.717) is 0 Å². The molecule has 2 N–H and O–H groups in total. The molecule has 0 bridgehead atoms. The lowest BCUT2D eigenvalue weighted by atomic mass is 9.74. The van der Waals surface area contributed by atoms with Gasteiger partial charge in [-0.2, -0.15) is 0 Å². The van der Waals surface area contributed by atoms with Gasteiger partial charge in [-0.05, 0) is 35.7 Å². The van der Waals surface area contributed by atoms with E-state index in [-0.39, 0.29) is 11.5 Å².